The van der Waals surface area contributed by atoms with E-state index in [9.17, 15) is 18.0 Å². The van der Waals surface area contributed by atoms with Gasteiger partial charge in [0.2, 0.25) is 0 Å². The van der Waals surface area contributed by atoms with Gasteiger partial charge in [0.25, 0.3) is 0 Å². The Morgan fingerprint density at radius 2 is 2.15 bits per heavy atom. The molecule has 0 radical (unpaired) electrons. The quantitative estimate of drug-likeness (QED) is 0.630. The van der Waals surface area contributed by atoms with Crippen molar-refractivity contribution in [2.45, 2.75) is 25.9 Å². The maximum Gasteiger partial charge on any atom is 0.412 e. The number of anilines is 1. The minimum Gasteiger partial charge on any atom is -0.366 e. The number of halogens is 3. The zero-order valence-electron chi connectivity index (χ0n) is 11.1. The van der Waals surface area contributed by atoms with Crippen molar-refractivity contribution >= 4 is 11.5 Å². The molecule has 0 amide bonds. The number of pyridine rings is 1. The standard InChI is InChI=1S/C14H15F3N2O/c1-2-13(20)12-4-3-11(9-18-12)19-7-5-10(6-8-19)14(15,16)17/h3-5,9H,2,6-8H2,1H3. The van der Waals surface area contributed by atoms with Crippen LogP contribution in [0.3, 0.4) is 0 Å². The number of hydrogen-bond donors (Lipinski definition) is 0. The predicted molar refractivity (Wildman–Crippen MR) is 69.8 cm³/mol. The smallest absolute Gasteiger partial charge is 0.366 e. The lowest BCUT2D eigenvalue weighted by Gasteiger charge is -2.28. The summed E-state index contributed by atoms with van der Waals surface area (Å²) >= 11 is 0. The fraction of sp³-hybridized carbons (Fsp3) is 0.429. The molecule has 1 aliphatic rings. The van der Waals surface area contributed by atoms with Crippen LogP contribution in [0.4, 0.5) is 18.9 Å². The Labute approximate surface area is 115 Å². The molecule has 0 fully saturated rings. The van der Waals surface area contributed by atoms with E-state index < -0.39 is 11.7 Å². The summed E-state index contributed by atoms with van der Waals surface area (Å²) in [5, 5.41) is 0. The molecule has 0 aromatic carbocycles. The molecule has 108 valence electrons. The van der Waals surface area contributed by atoms with Crippen LogP contribution in [0.2, 0.25) is 0 Å². The van der Waals surface area contributed by atoms with Crippen molar-refractivity contribution < 1.29 is 18.0 Å². The van der Waals surface area contributed by atoms with E-state index in [0.717, 1.165) is 5.69 Å². The first-order valence-corrected chi connectivity index (χ1v) is 6.42. The number of nitrogens with zero attached hydrogens (tertiary/aromatic N) is 2. The molecular formula is C14H15F3N2O. The molecule has 1 aliphatic heterocycles. The zero-order chi connectivity index (χ0) is 14.8. The van der Waals surface area contributed by atoms with Crippen LogP contribution < -0.4 is 4.90 Å². The van der Waals surface area contributed by atoms with Gasteiger partial charge >= 0.3 is 6.18 Å². The highest BCUT2D eigenvalue weighted by molar-refractivity contribution is 5.94. The van der Waals surface area contributed by atoms with Gasteiger partial charge in [0, 0.05) is 25.1 Å². The average molecular weight is 284 g/mol. The molecule has 20 heavy (non-hydrogen) atoms. The van der Waals surface area contributed by atoms with E-state index in [1.165, 1.54) is 12.3 Å². The summed E-state index contributed by atoms with van der Waals surface area (Å²) < 4.78 is 37.5. The van der Waals surface area contributed by atoms with Crippen molar-refractivity contribution in [3.8, 4) is 0 Å². The molecule has 6 heteroatoms. The Balaban J connectivity index is 2.08. The first kappa shape index (κ1) is 14.6. The Hall–Kier alpha value is -1.85. The average Bonchev–Trinajstić information content (AvgIpc) is 2.46. The van der Waals surface area contributed by atoms with E-state index in [1.807, 2.05) is 4.90 Å². The van der Waals surface area contributed by atoms with E-state index >= 15 is 0 Å². The maximum absolute atomic E-state index is 12.5. The first-order valence-electron chi connectivity index (χ1n) is 6.42. The summed E-state index contributed by atoms with van der Waals surface area (Å²) in [7, 11) is 0. The van der Waals surface area contributed by atoms with Gasteiger partial charge in [-0.2, -0.15) is 13.2 Å². The van der Waals surface area contributed by atoms with Crippen molar-refractivity contribution in [3.05, 3.63) is 35.7 Å². The van der Waals surface area contributed by atoms with E-state index in [1.54, 1.807) is 19.1 Å². The molecule has 0 aliphatic carbocycles. The molecule has 1 aromatic heterocycles. The summed E-state index contributed by atoms with van der Waals surface area (Å²) in [6, 6.07) is 3.34. The minimum absolute atomic E-state index is 0.0286. The lowest BCUT2D eigenvalue weighted by molar-refractivity contribution is -0.0944. The van der Waals surface area contributed by atoms with Crippen LogP contribution in [-0.2, 0) is 0 Å². The topological polar surface area (TPSA) is 33.2 Å². The minimum atomic E-state index is -4.23. The van der Waals surface area contributed by atoms with Crippen LogP contribution in [0, 0.1) is 0 Å². The molecule has 0 saturated carbocycles. The van der Waals surface area contributed by atoms with Gasteiger partial charge in [-0.25, -0.2) is 0 Å². The van der Waals surface area contributed by atoms with Crippen molar-refractivity contribution in [1.82, 2.24) is 4.98 Å². The molecule has 1 aromatic rings. The monoisotopic (exact) mass is 284 g/mol. The van der Waals surface area contributed by atoms with Gasteiger partial charge in [-0.1, -0.05) is 13.0 Å². The number of hydrogen-bond acceptors (Lipinski definition) is 3. The number of Topliss-reactive ketones (excluding diaryl/α,β-unsaturated/α-hetero) is 1. The molecule has 0 unspecified atom stereocenters. The van der Waals surface area contributed by atoms with Crippen molar-refractivity contribution in [2.24, 2.45) is 0 Å². The first-order chi connectivity index (χ1) is 9.41. The fourth-order valence-corrected chi connectivity index (χ4v) is 2.08. The van der Waals surface area contributed by atoms with Gasteiger partial charge in [-0.15, -0.1) is 0 Å². The summed E-state index contributed by atoms with van der Waals surface area (Å²) in [5.41, 5.74) is 0.648. The highest BCUT2D eigenvalue weighted by Crippen LogP contribution is 2.31. The molecular weight excluding hydrogens is 269 g/mol. The van der Waals surface area contributed by atoms with Gasteiger partial charge in [0.05, 0.1) is 11.9 Å². The highest BCUT2D eigenvalue weighted by atomic mass is 19.4. The number of alkyl halides is 3. The second kappa shape index (κ2) is 5.64. The lowest BCUT2D eigenvalue weighted by Crippen LogP contribution is -2.31. The Bertz CT molecular complexity index is 520. The Kier molecular flexibility index (Phi) is 4.11. The largest absolute Gasteiger partial charge is 0.412 e. The van der Waals surface area contributed by atoms with Crippen LogP contribution in [0.5, 0.6) is 0 Å². The molecule has 0 saturated heterocycles. The summed E-state index contributed by atoms with van der Waals surface area (Å²) in [4.78, 5) is 17.3. The van der Waals surface area contributed by atoms with Gasteiger partial charge in [-0.3, -0.25) is 9.78 Å². The molecule has 0 bridgehead atoms. The maximum atomic E-state index is 12.5. The fourth-order valence-electron chi connectivity index (χ4n) is 2.08. The third-order valence-electron chi connectivity index (χ3n) is 3.29. The van der Waals surface area contributed by atoms with E-state index in [2.05, 4.69) is 4.98 Å². The summed E-state index contributed by atoms with van der Waals surface area (Å²) in [5.74, 6) is -0.0468. The number of ketones is 1. The molecule has 2 rings (SSSR count). The number of aromatic nitrogens is 1. The number of carbonyl (C=O) groups is 1. The zero-order valence-corrected chi connectivity index (χ0v) is 11.1. The summed E-state index contributed by atoms with van der Waals surface area (Å²) in [6.07, 6.45) is -1.14. The van der Waals surface area contributed by atoms with Crippen molar-refractivity contribution in [2.75, 3.05) is 18.0 Å². The molecule has 3 nitrogen and oxygen atoms in total. The third-order valence-corrected chi connectivity index (χ3v) is 3.29. The van der Waals surface area contributed by atoms with Gasteiger partial charge in [-0.05, 0) is 18.6 Å². The van der Waals surface area contributed by atoms with E-state index in [4.69, 9.17) is 0 Å². The van der Waals surface area contributed by atoms with Crippen LogP contribution in [0.1, 0.15) is 30.3 Å². The van der Waals surface area contributed by atoms with Crippen LogP contribution in [0.15, 0.2) is 30.0 Å². The molecule has 2 heterocycles. The molecule has 0 N–H and O–H groups in total. The predicted octanol–water partition coefficient (Wildman–Crippen LogP) is 3.37. The second-order valence-electron chi connectivity index (χ2n) is 4.60. The van der Waals surface area contributed by atoms with Gasteiger partial charge in [0.1, 0.15) is 5.69 Å². The van der Waals surface area contributed by atoms with E-state index in [0.29, 0.717) is 18.7 Å². The van der Waals surface area contributed by atoms with Crippen molar-refractivity contribution in [1.29, 1.82) is 0 Å². The molecule has 0 atom stereocenters. The SMILES string of the molecule is CCC(=O)c1ccc(N2CC=C(C(F)(F)F)CC2)cn1. The highest BCUT2D eigenvalue weighted by Gasteiger charge is 2.34. The summed E-state index contributed by atoms with van der Waals surface area (Å²) in [6.45, 7) is 2.26. The van der Waals surface area contributed by atoms with Gasteiger partial charge in [0.15, 0.2) is 5.78 Å². The Morgan fingerprint density at radius 1 is 1.40 bits per heavy atom. The van der Waals surface area contributed by atoms with Gasteiger partial charge < -0.3 is 4.90 Å². The lowest BCUT2D eigenvalue weighted by atomic mass is 10.1. The third kappa shape index (κ3) is 3.18. The number of rotatable bonds is 3. The van der Waals surface area contributed by atoms with Crippen LogP contribution in [-0.4, -0.2) is 30.0 Å². The Morgan fingerprint density at radius 3 is 2.60 bits per heavy atom. The van der Waals surface area contributed by atoms with Crippen LogP contribution in [0.25, 0.3) is 0 Å². The normalized spacial score (nSPS) is 16.0. The second-order valence-corrected chi connectivity index (χ2v) is 4.60. The van der Waals surface area contributed by atoms with Crippen molar-refractivity contribution in [3.63, 3.8) is 0 Å². The van der Waals surface area contributed by atoms with Crippen LogP contribution >= 0.6 is 0 Å². The molecule has 0 spiro atoms. The number of carbonyl (C=O) groups excluding carboxylic acids is 1. The van der Waals surface area contributed by atoms with E-state index in [-0.39, 0.29) is 18.7 Å².